The molecule has 1 heterocycles. The van der Waals surface area contributed by atoms with E-state index in [-0.39, 0.29) is 30.1 Å². The van der Waals surface area contributed by atoms with Crippen LogP contribution in [0.4, 0.5) is 8.78 Å². The minimum atomic E-state index is -3.55. The SMILES string of the molecule is CCCN(Cc1cc(F)c(C2(c3n[nH]c(=O)o3)CCC2)cc1F)S(C)(=O)=O. The van der Waals surface area contributed by atoms with E-state index in [2.05, 4.69) is 10.2 Å². The topological polar surface area (TPSA) is 96.3 Å². The largest absolute Gasteiger partial charge is 0.434 e. The number of benzene rings is 1. The molecule has 0 bridgehead atoms. The van der Waals surface area contributed by atoms with E-state index in [1.54, 1.807) is 6.92 Å². The van der Waals surface area contributed by atoms with Gasteiger partial charge in [0.05, 0.1) is 11.7 Å². The maximum absolute atomic E-state index is 14.9. The van der Waals surface area contributed by atoms with Crippen LogP contribution in [0.5, 0.6) is 0 Å². The first-order valence-corrected chi connectivity index (χ1v) is 10.5. The highest BCUT2D eigenvalue weighted by Gasteiger charge is 2.47. The Morgan fingerprint density at radius 1 is 1.30 bits per heavy atom. The molecule has 0 unspecified atom stereocenters. The highest BCUT2D eigenvalue weighted by atomic mass is 32.2. The number of hydrogen-bond acceptors (Lipinski definition) is 5. The number of nitrogens with zero attached hydrogens (tertiary/aromatic N) is 2. The van der Waals surface area contributed by atoms with Crippen LogP contribution in [-0.4, -0.2) is 35.7 Å². The molecule has 2 aromatic rings. The van der Waals surface area contributed by atoms with Crippen LogP contribution in [0.3, 0.4) is 0 Å². The summed E-state index contributed by atoms with van der Waals surface area (Å²) in [5, 5.41) is 5.96. The van der Waals surface area contributed by atoms with Gasteiger partial charge in [-0.05, 0) is 31.4 Å². The van der Waals surface area contributed by atoms with Crippen molar-refractivity contribution in [3.8, 4) is 0 Å². The van der Waals surface area contributed by atoms with Crippen molar-refractivity contribution in [2.45, 2.75) is 44.6 Å². The van der Waals surface area contributed by atoms with Crippen LogP contribution in [-0.2, 0) is 22.0 Å². The molecule has 0 amide bonds. The minimum Gasteiger partial charge on any atom is -0.392 e. The van der Waals surface area contributed by atoms with E-state index < -0.39 is 32.8 Å². The third-order valence-electron chi connectivity index (χ3n) is 4.99. The summed E-state index contributed by atoms with van der Waals surface area (Å²) in [6.45, 7) is 1.76. The van der Waals surface area contributed by atoms with E-state index in [1.807, 2.05) is 0 Å². The van der Waals surface area contributed by atoms with Gasteiger partial charge in [0, 0.05) is 24.2 Å². The lowest BCUT2D eigenvalue weighted by atomic mass is 9.64. The lowest BCUT2D eigenvalue weighted by Crippen LogP contribution is -2.37. The molecule has 0 saturated heterocycles. The van der Waals surface area contributed by atoms with Gasteiger partial charge in [0.2, 0.25) is 15.9 Å². The molecule has 1 saturated carbocycles. The van der Waals surface area contributed by atoms with Crippen LogP contribution in [0, 0.1) is 11.6 Å². The average molecular weight is 401 g/mol. The fourth-order valence-electron chi connectivity index (χ4n) is 3.44. The summed E-state index contributed by atoms with van der Waals surface area (Å²) in [5.74, 6) is -2.10. The molecular weight excluding hydrogens is 380 g/mol. The lowest BCUT2D eigenvalue weighted by Gasteiger charge is -2.39. The van der Waals surface area contributed by atoms with Gasteiger partial charge in [-0.1, -0.05) is 13.3 Å². The maximum atomic E-state index is 14.9. The number of aromatic amines is 1. The summed E-state index contributed by atoms with van der Waals surface area (Å²) >= 11 is 0. The van der Waals surface area contributed by atoms with Gasteiger partial charge in [-0.3, -0.25) is 0 Å². The number of halogens is 2. The second-order valence-electron chi connectivity index (χ2n) is 6.87. The Labute approximate surface area is 155 Å². The maximum Gasteiger partial charge on any atom is 0.434 e. The van der Waals surface area contributed by atoms with E-state index in [4.69, 9.17) is 4.42 Å². The Hall–Kier alpha value is -2.07. The first-order valence-electron chi connectivity index (χ1n) is 8.67. The van der Waals surface area contributed by atoms with Crippen LogP contribution in [0.25, 0.3) is 0 Å². The molecule has 1 aliphatic carbocycles. The number of rotatable bonds is 7. The molecule has 7 nitrogen and oxygen atoms in total. The second-order valence-corrected chi connectivity index (χ2v) is 8.86. The number of aromatic nitrogens is 2. The average Bonchev–Trinajstić information content (AvgIpc) is 2.96. The predicted octanol–water partition coefficient (Wildman–Crippen LogP) is 2.28. The molecule has 3 rings (SSSR count). The summed E-state index contributed by atoms with van der Waals surface area (Å²) in [7, 11) is -3.55. The molecule has 1 aromatic heterocycles. The molecule has 148 valence electrons. The number of sulfonamides is 1. The zero-order valence-corrected chi connectivity index (χ0v) is 15.9. The normalized spacial score (nSPS) is 16.5. The van der Waals surface area contributed by atoms with E-state index >= 15 is 0 Å². The number of H-pyrrole nitrogens is 1. The fraction of sp³-hybridized carbons (Fsp3) is 0.529. The van der Waals surface area contributed by atoms with Crippen LogP contribution in [0.2, 0.25) is 0 Å². The molecular formula is C17H21F2N3O4S. The Morgan fingerprint density at radius 3 is 2.48 bits per heavy atom. The van der Waals surface area contributed by atoms with Crippen molar-refractivity contribution >= 4 is 10.0 Å². The molecule has 1 aliphatic rings. The summed E-state index contributed by atoms with van der Waals surface area (Å²) < 4.78 is 59.4. The van der Waals surface area contributed by atoms with E-state index in [9.17, 15) is 22.0 Å². The molecule has 1 N–H and O–H groups in total. The van der Waals surface area contributed by atoms with Crippen LogP contribution >= 0.6 is 0 Å². The van der Waals surface area contributed by atoms with Crippen molar-refractivity contribution in [1.29, 1.82) is 0 Å². The summed E-state index contributed by atoms with van der Waals surface area (Å²) in [5.41, 5.74) is -0.970. The zero-order valence-electron chi connectivity index (χ0n) is 15.1. The Bertz CT molecular complexity index is 996. The van der Waals surface area contributed by atoms with Crippen molar-refractivity contribution < 1.29 is 21.6 Å². The highest BCUT2D eigenvalue weighted by molar-refractivity contribution is 7.88. The summed E-state index contributed by atoms with van der Waals surface area (Å²) in [4.78, 5) is 11.3. The van der Waals surface area contributed by atoms with Crippen molar-refractivity contribution in [3.63, 3.8) is 0 Å². The van der Waals surface area contributed by atoms with E-state index in [0.29, 0.717) is 19.3 Å². The number of hydrogen-bond donors (Lipinski definition) is 1. The van der Waals surface area contributed by atoms with E-state index in [0.717, 1.165) is 29.1 Å². The third-order valence-corrected chi connectivity index (χ3v) is 6.24. The molecule has 0 aliphatic heterocycles. The smallest absolute Gasteiger partial charge is 0.392 e. The Kier molecular flexibility index (Phi) is 5.22. The lowest BCUT2D eigenvalue weighted by molar-refractivity contribution is 0.227. The second kappa shape index (κ2) is 7.16. The summed E-state index contributed by atoms with van der Waals surface area (Å²) in [6, 6.07) is 2.08. The van der Waals surface area contributed by atoms with Crippen molar-refractivity contribution in [3.05, 3.63) is 51.3 Å². The molecule has 1 aromatic carbocycles. The van der Waals surface area contributed by atoms with Crippen LogP contribution in [0.15, 0.2) is 21.3 Å². The number of nitrogens with one attached hydrogen (secondary N) is 1. The standard InChI is InChI=1S/C17H21F2N3O4S/c1-3-7-22(27(2,24)25)10-11-8-14(19)12(9-13(11)18)17(5-4-6-17)15-20-21-16(23)26-15/h8-9H,3-7,10H2,1-2H3,(H,21,23). The zero-order chi connectivity index (χ0) is 19.8. The van der Waals surface area contributed by atoms with Crippen molar-refractivity contribution in [2.75, 3.05) is 12.8 Å². The molecule has 10 heteroatoms. The molecule has 0 atom stereocenters. The van der Waals surface area contributed by atoms with Gasteiger partial charge in [-0.2, -0.15) is 4.31 Å². The monoisotopic (exact) mass is 401 g/mol. The summed E-state index contributed by atoms with van der Waals surface area (Å²) in [6.07, 6.45) is 3.30. The van der Waals surface area contributed by atoms with Crippen LogP contribution in [0.1, 0.15) is 49.6 Å². The first kappa shape index (κ1) is 19.7. The quantitative estimate of drug-likeness (QED) is 0.768. The molecule has 27 heavy (non-hydrogen) atoms. The van der Waals surface area contributed by atoms with Gasteiger partial charge in [0.1, 0.15) is 11.6 Å². The van der Waals surface area contributed by atoms with Gasteiger partial charge in [0.15, 0.2) is 0 Å². The van der Waals surface area contributed by atoms with E-state index in [1.165, 1.54) is 0 Å². The molecule has 0 spiro atoms. The minimum absolute atomic E-state index is 0.0357. The van der Waals surface area contributed by atoms with Gasteiger partial charge < -0.3 is 4.42 Å². The highest BCUT2D eigenvalue weighted by Crippen LogP contribution is 2.49. The Morgan fingerprint density at radius 2 is 2.00 bits per heavy atom. The third kappa shape index (κ3) is 3.68. The Balaban J connectivity index is 1.99. The fourth-order valence-corrected chi connectivity index (χ4v) is 4.33. The van der Waals surface area contributed by atoms with Gasteiger partial charge in [-0.15, -0.1) is 5.10 Å². The van der Waals surface area contributed by atoms with Crippen LogP contribution < -0.4 is 5.76 Å². The first-order chi connectivity index (χ1) is 12.7. The predicted molar refractivity (Wildman–Crippen MR) is 93.7 cm³/mol. The molecule has 0 radical (unpaired) electrons. The molecule has 1 fully saturated rings. The van der Waals surface area contributed by atoms with Crippen molar-refractivity contribution in [2.24, 2.45) is 0 Å². The van der Waals surface area contributed by atoms with Gasteiger partial charge in [-0.25, -0.2) is 27.1 Å². The van der Waals surface area contributed by atoms with Crippen molar-refractivity contribution in [1.82, 2.24) is 14.5 Å². The van der Waals surface area contributed by atoms with Gasteiger partial charge >= 0.3 is 5.76 Å². The van der Waals surface area contributed by atoms with Gasteiger partial charge in [0.25, 0.3) is 0 Å².